The van der Waals surface area contributed by atoms with Crippen molar-refractivity contribution >= 4 is 54.0 Å². The highest BCUT2D eigenvalue weighted by Crippen LogP contribution is 2.38. The van der Waals surface area contributed by atoms with E-state index in [1.54, 1.807) is 0 Å². The normalized spacial score (nSPS) is 11.7. The largest absolute Gasteiger partial charge is 0.228 e. The lowest BCUT2D eigenvalue weighted by Crippen LogP contribution is -1.96. The van der Waals surface area contributed by atoms with E-state index in [1.165, 1.54) is 37.7 Å². The first-order valence-corrected chi connectivity index (χ1v) is 12.9. The molecule has 1 heterocycles. The van der Waals surface area contributed by atoms with Crippen LogP contribution in [0.25, 0.3) is 76.6 Å². The minimum atomic E-state index is 0.749. The summed E-state index contributed by atoms with van der Waals surface area (Å²) in [5.74, 6) is 0.749. The number of para-hydroxylation sites is 1. The summed E-state index contributed by atoms with van der Waals surface area (Å²) in [5, 5.41) is 11.1. The number of fused-ring (bicyclic) bond motifs is 8. The van der Waals surface area contributed by atoms with Crippen LogP contribution in [0.3, 0.4) is 0 Å². The summed E-state index contributed by atoms with van der Waals surface area (Å²) >= 11 is 0. The summed E-state index contributed by atoms with van der Waals surface area (Å²) < 4.78 is 0. The molecule has 0 fully saturated rings. The van der Waals surface area contributed by atoms with Gasteiger partial charge in [0.1, 0.15) is 0 Å². The van der Waals surface area contributed by atoms with E-state index >= 15 is 0 Å². The molecule has 0 saturated heterocycles. The molecule has 0 N–H and O–H groups in total. The zero-order valence-electron chi connectivity index (χ0n) is 20.6. The van der Waals surface area contributed by atoms with Gasteiger partial charge in [0.2, 0.25) is 0 Å². The van der Waals surface area contributed by atoms with E-state index in [0.29, 0.717) is 0 Å². The van der Waals surface area contributed by atoms with Crippen molar-refractivity contribution in [1.29, 1.82) is 0 Å². The second-order valence-electron chi connectivity index (χ2n) is 9.79. The smallest absolute Gasteiger partial charge is 0.161 e. The Morgan fingerprint density at radius 2 is 0.921 bits per heavy atom. The van der Waals surface area contributed by atoms with Crippen LogP contribution in [0, 0.1) is 0 Å². The lowest BCUT2D eigenvalue weighted by molar-refractivity contribution is 1.23. The summed E-state index contributed by atoms with van der Waals surface area (Å²) in [6, 6.07) is 47.3. The SMILES string of the molecule is c1ccc(-c2nc(-c3cccc4c3ccc3c4ccc4c5ccccc5ccc43)nc3ccccc23)cc1. The topological polar surface area (TPSA) is 25.8 Å². The average Bonchev–Trinajstić information content (AvgIpc) is 3.00. The molecular formula is C36H22N2. The van der Waals surface area contributed by atoms with Crippen LogP contribution in [-0.4, -0.2) is 9.97 Å². The van der Waals surface area contributed by atoms with Crippen LogP contribution in [0.15, 0.2) is 133 Å². The summed E-state index contributed by atoms with van der Waals surface area (Å²) in [6.45, 7) is 0. The summed E-state index contributed by atoms with van der Waals surface area (Å²) in [4.78, 5) is 10.2. The molecule has 0 bridgehead atoms. The van der Waals surface area contributed by atoms with Crippen LogP contribution in [0.1, 0.15) is 0 Å². The van der Waals surface area contributed by atoms with Crippen LogP contribution in [0.5, 0.6) is 0 Å². The molecule has 7 aromatic carbocycles. The van der Waals surface area contributed by atoms with E-state index in [1.807, 2.05) is 12.1 Å². The number of hydrogen-bond donors (Lipinski definition) is 0. The maximum Gasteiger partial charge on any atom is 0.161 e. The van der Waals surface area contributed by atoms with E-state index in [0.717, 1.165) is 38.9 Å². The fourth-order valence-electron chi connectivity index (χ4n) is 5.88. The predicted octanol–water partition coefficient (Wildman–Crippen LogP) is 9.58. The molecule has 0 radical (unpaired) electrons. The molecular weight excluding hydrogens is 460 g/mol. The summed E-state index contributed by atoms with van der Waals surface area (Å²) in [6.07, 6.45) is 0. The van der Waals surface area contributed by atoms with E-state index < -0.39 is 0 Å². The number of hydrogen-bond acceptors (Lipinski definition) is 2. The van der Waals surface area contributed by atoms with Crippen molar-refractivity contribution < 1.29 is 0 Å². The van der Waals surface area contributed by atoms with Gasteiger partial charge in [-0.15, -0.1) is 0 Å². The molecule has 0 amide bonds. The number of nitrogens with zero attached hydrogens (tertiary/aromatic N) is 2. The monoisotopic (exact) mass is 482 g/mol. The zero-order chi connectivity index (χ0) is 25.1. The van der Waals surface area contributed by atoms with E-state index in [9.17, 15) is 0 Å². The van der Waals surface area contributed by atoms with Gasteiger partial charge in [0, 0.05) is 16.5 Å². The van der Waals surface area contributed by atoms with Crippen molar-refractivity contribution in [3.63, 3.8) is 0 Å². The number of rotatable bonds is 2. The minimum Gasteiger partial charge on any atom is -0.228 e. The quantitative estimate of drug-likeness (QED) is 0.229. The van der Waals surface area contributed by atoms with Crippen molar-refractivity contribution in [3.05, 3.63) is 133 Å². The fourth-order valence-corrected chi connectivity index (χ4v) is 5.88. The van der Waals surface area contributed by atoms with Crippen LogP contribution >= 0.6 is 0 Å². The van der Waals surface area contributed by atoms with Gasteiger partial charge >= 0.3 is 0 Å². The molecule has 2 nitrogen and oxygen atoms in total. The lowest BCUT2D eigenvalue weighted by atomic mass is 9.93. The molecule has 38 heavy (non-hydrogen) atoms. The first-order chi connectivity index (χ1) is 18.8. The summed E-state index contributed by atoms with van der Waals surface area (Å²) in [5.41, 5.74) is 4.05. The third-order valence-electron chi connectivity index (χ3n) is 7.67. The number of benzene rings is 7. The Morgan fingerprint density at radius 3 is 1.74 bits per heavy atom. The maximum absolute atomic E-state index is 5.14. The van der Waals surface area contributed by atoms with Gasteiger partial charge in [0.15, 0.2) is 5.82 Å². The van der Waals surface area contributed by atoms with Crippen LogP contribution in [0.4, 0.5) is 0 Å². The molecule has 0 aliphatic heterocycles. The lowest BCUT2D eigenvalue weighted by Gasteiger charge is -2.13. The van der Waals surface area contributed by atoms with Crippen molar-refractivity contribution in [3.8, 4) is 22.6 Å². The van der Waals surface area contributed by atoms with Gasteiger partial charge in [-0.25, -0.2) is 9.97 Å². The first kappa shape index (κ1) is 21.0. The fraction of sp³-hybridized carbons (Fsp3) is 0. The second-order valence-corrected chi connectivity index (χ2v) is 9.79. The van der Waals surface area contributed by atoms with Crippen LogP contribution < -0.4 is 0 Å². The predicted molar refractivity (Wildman–Crippen MR) is 160 cm³/mol. The zero-order valence-corrected chi connectivity index (χ0v) is 20.6. The summed E-state index contributed by atoms with van der Waals surface area (Å²) in [7, 11) is 0. The Hall–Kier alpha value is -5.08. The highest BCUT2D eigenvalue weighted by atomic mass is 14.9. The molecule has 0 atom stereocenters. The van der Waals surface area contributed by atoms with Gasteiger partial charge in [-0.2, -0.15) is 0 Å². The molecule has 0 aliphatic rings. The maximum atomic E-state index is 5.14. The van der Waals surface area contributed by atoms with Crippen molar-refractivity contribution in [2.45, 2.75) is 0 Å². The number of aromatic nitrogens is 2. The average molecular weight is 483 g/mol. The highest BCUT2D eigenvalue weighted by molar-refractivity contribution is 6.23. The van der Waals surface area contributed by atoms with Gasteiger partial charge < -0.3 is 0 Å². The van der Waals surface area contributed by atoms with Crippen LogP contribution in [0.2, 0.25) is 0 Å². The molecule has 0 spiro atoms. The van der Waals surface area contributed by atoms with Gasteiger partial charge in [-0.05, 0) is 49.2 Å². The molecule has 8 aromatic rings. The van der Waals surface area contributed by atoms with Crippen molar-refractivity contribution in [1.82, 2.24) is 9.97 Å². The third-order valence-corrected chi connectivity index (χ3v) is 7.67. The molecule has 176 valence electrons. The molecule has 0 unspecified atom stereocenters. The molecule has 2 heteroatoms. The van der Waals surface area contributed by atoms with E-state index in [4.69, 9.17) is 9.97 Å². The molecule has 8 rings (SSSR count). The molecule has 1 aromatic heterocycles. The van der Waals surface area contributed by atoms with Crippen LogP contribution in [-0.2, 0) is 0 Å². The van der Waals surface area contributed by atoms with Crippen molar-refractivity contribution in [2.24, 2.45) is 0 Å². The Balaban J connectivity index is 1.40. The Labute approximate surface area is 219 Å². The van der Waals surface area contributed by atoms with E-state index in [2.05, 4.69) is 121 Å². The van der Waals surface area contributed by atoms with Gasteiger partial charge in [0.05, 0.1) is 11.2 Å². The second kappa shape index (κ2) is 8.22. The Kier molecular flexibility index (Phi) is 4.55. The molecule has 0 saturated carbocycles. The standard InChI is InChI=1S/C36H22N2/c1-2-10-24(11-3-1)35-33-13-6-7-16-34(33)37-36(38-35)32-15-8-14-26-29-20-19-27-25-12-5-4-9-23(25)17-18-28(27)30(29)21-22-31(26)32/h1-22H. The van der Waals surface area contributed by atoms with Gasteiger partial charge in [-0.1, -0.05) is 127 Å². The highest BCUT2D eigenvalue weighted by Gasteiger charge is 2.15. The Bertz CT molecular complexity index is 2180. The first-order valence-electron chi connectivity index (χ1n) is 12.9. The Morgan fingerprint density at radius 1 is 0.342 bits per heavy atom. The molecule has 0 aliphatic carbocycles. The third kappa shape index (κ3) is 3.14. The minimum absolute atomic E-state index is 0.749. The van der Waals surface area contributed by atoms with E-state index in [-0.39, 0.29) is 0 Å². The van der Waals surface area contributed by atoms with Gasteiger partial charge in [-0.3, -0.25) is 0 Å². The van der Waals surface area contributed by atoms with Gasteiger partial charge in [0.25, 0.3) is 0 Å². The van der Waals surface area contributed by atoms with Crippen molar-refractivity contribution in [2.75, 3.05) is 0 Å².